The molecule has 0 aliphatic carbocycles. The lowest BCUT2D eigenvalue weighted by Gasteiger charge is -2.10. The van der Waals surface area contributed by atoms with Crippen molar-refractivity contribution in [2.24, 2.45) is 5.92 Å². The number of ether oxygens (including phenoxy) is 1. The predicted octanol–water partition coefficient (Wildman–Crippen LogP) is 3.89. The minimum Gasteiger partial charge on any atom is -0.468 e. The molecule has 0 N–H and O–H groups in total. The highest BCUT2D eigenvalue weighted by molar-refractivity contribution is 7.98. The number of hydrogen-bond acceptors (Lipinski definition) is 4. The van der Waals surface area contributed by atoms with E-state index in [2.05, 4.69) is 0 Å². The second-order valence-corrected chi connectivity index (χ2v) is 5.62. The normalized spacial score (nSPS) is 12.1. The van der Waals surface area contributed by atoms with Crippen LogP contribution in [0.15, 0.2) is 53.1 Å². The first-order valence-corrected chi connectivity index (χ1v) is 7.72. The summed E-state index contributed by atoms with van der Waals surface area (Å²) in [6.45, 7) is 2.23. The number of rotatable bonds is 7. The summed E-state index contributed by atoms with van der Waals surface area (Å²) < 4.78 is 10.5. The summed E-state index contributed by atoms with van der Waals surface area (Å²) in [4.78, 5) is 11.8. The highest BCUT2D eigenvalue weighted by atomic mass is 32.2. The van der Waals surface area contributed by atoms with Gasteiger partial charge >= 0.3 is 5.97 Å². The van der Waals surface area contributed by atoms with Crippen molar-refractivity contribution in [2.75, 3.05) is 5.75 Å². The first kappa shape index (κ1) is 14.7. The van der Waals surface area contributed by atoms with Crippen molar-refractivity contribution < 1.29 is 13.9 Å². The lowest BCUT2D eigenvalue weighted by Crippen LogP contribution is -2.16. The molecular weight excluding hydrogens is 272 g/mol. The van der Waals surface area contributed by atoms with Gasteiger partial charge < -0.3 is 9.15 Å². The molecule has 0 saturated carbocycles. The number of carbonyl (C=O) groups is 1. The summed E-state index contributed by atoms with van der Waals surface area (Å²) >= 11 is 1.67. The highest BCUT2D eigenvalue weighted by Gasteiger charge is 2.14. The Morgan fingerprint density at radius 3 is 2.75 bits per heavy atom. The van der Waals surface area contributed by atoms with Gasteiger partial charge in [-0.1, -0.05) is 37.3 Å². The Hall–Kier alpha value is -1.68. The molecule has 2 rings (SSSR count). The molecule has 0 aliphatic heterocycles. The first-order chi connectivity index (χ1) is 9.75. The number of esters is 1. The summed E-state index contributed by atoms with van der Waals surface area (Å²) in [5.74, 6) is 2.18. The molecule has 1 heterocycles. The van der Waals surface area contributed by atoms with E-state index in [1.54, 1.807) is 18.0 Å². The van der Waals surface area contributed by atoms with E-state index in [4.69, 9.17) is 9.15 Å². The Kier molecular flexibility index (Phi) is 5.74. The Morgan fingerprint density at radius 1 is 1.25 bits per heavy atom. The van der Waals surface area contributed by atoms with E-state index in [0.717, 1.165) is 22.8 Å². The lowest BCUT2D eigenvalue weighted by molar-refractivity contribution is -0.148. The summed E-state index contributed by atoms with van der Waals surface area (Å²) in [7, 11) is 0. The topological polar surface area (TPSA) is 39.4 Å². The Balaban J connectivity index is 1.66. The molecular formula is C16H18O3S. The van der Waals surface area contributed by atoms with Gasteiger partial charge in [-0.15, -0.1) is 0 Å². The molecule has 3 nitrogen and oxygen atoms in total. The van der Waals surface area contributed by atoms with Crippen LogP contribution >= 0.6 is 11.8 Å². The van der Waals surface area contributed by atoms with Crippen LogP contribution in [0.2, 0.25) is 0 Å². The van der Waals surface area contributed by atoms with Crippen LogP contribution in [0.1, 0.15) is 18.2 Å². The third-order valence-corrected chi connectivity index (χ3v) is 4.04. The lowest BCUT2D eigenvalue weighted by atomic mass is 10.2. The molecule has 1 unspecified atom stereocenters. The fraction of sp³-hybridized carbons (Fsp3) is 0.312. The molecule has 4 heteroatoms. The van der Waals surface area contributed by atoms with Crippen molar-refractivity contribution in [3.05, 3.63) is 60.1 Å². The zero-order chi connectivity index (χ0) is 14.2. The molecule has 0 bridgehead atoms. The third-order valence-electron chi connectivity index (χ3n) is 2.82. The highest BCUT2D eigenvalue weighted by Crippen LogP contribution is 2.17. The van der Waals surface area contributed by atoms with Gasteiger partial charge in [0, 0.05) is 5.75 Å². The standard InChI is InChI=1S/C16H18O3S/c1-13(11-20-12-15-8-5-9-18-15)16(17)19-10-14-6-3-2-4-7-14/h2-9,13H,10-12H2,1H3. The van der Waals surface area contributed by atoms with Gasteiger partial charge in [-0.25, -0.2) is 0 Å². The van der Waals surface area contributed by atoms with Crippen LogP contribution in [0.4, 0.5) is 0 Å². The Labute approximate surface area is 123 Å². The molecule has 1 aromatic heterocycles. The zero-order valence-electron chi connectivity index (χ0n) is 11.5. The van der Waals surface area contributed by atoms with Crippen LogP contribution < -0.4 is 0 Å². The number of hydrogen-bond donors (Lipinski definition) is 0. The zero-order valence-corrected chi connectivity index (χ0v) is 12.3. The van der Waals surface area contributed by atoms with Gasteiger partial charge in [0.15, 0.2) is 0 Å². The third kappa shape index (κ3) is 4.78. The maximum absolute atomic E-state index is 11.8. The summed E-state index contributed by atoms with van der Waals surface area (Å²) in [5.41, 5.74) is 1.01. The number of thioether (sulfide) groups is 1. The second-order valence-electron chi connectivity index (χ2n) is 4.59. The van der Waals surface area contributed by atoms with Crippen LogP contribution in [0.3, 0.4) is 0 Å². The van der Waals surface area contributed by atoms with Gasteiger partial charge in [0.25, 0.3) is 0 Å². The molecule has 106 valence electrons. The summed E-state index contributed by atoms with van der Waals surface area (Å²) in [6, 6.07) is 13.5. The molecule has 0 spiro atoms. The van der Waals surface area contributed by atoms with Crippen LogP contribution in [-0.2, 0) is 21.9 Å². The quantitative estimate of drug-likeness (QED) is 0.725. The van der Waals surface area contributed by atoms with Crippen molar-refractivity contribution >= 4 is 17.7 Å². The van der Waals surface area contributed by atoms with Gasteiger partial charge in [0.2, 0.25) is 0 Å². The van der Waals surface area contributed by atoms with Crippen molar-refractivity contribution in [1.29, 1.82) is 0 Å². The molecule has 1 aromatic carbocycles. The fourth-order valence-corrected chi connectivity index (χ4v) is 2.64. The largest absolute Gasteiger partial charge is 0.468 e. The molecule has 2 aromatic rings. The van der Waals surface area contributed by atoms with Crippen LogP contribution in [0.5, 0.6) is 0 Å². The molecule has 1 atom stereocenters. The van der Waals surface area contributed by atoms with E-state index in [1.165, 1.54) is 0 Å². The van der Waals surface area contributed by atoms with E-state index in [9.17, 15) is 4.79 Å². The van der Waals surface area contributed by atoms with E-state index < -0.39 is 0 Å². The summed E-state index contributed by atoms with van der Waals surface area (Å²) in [6.07, 6.45) is 1.66. The van der Waals surface area contributed by atoms with Gasteiger partial charge in [0.1, 0.15) is 12.4 Å². The first-order valence-electron chi connectivity index (χ1n) is 6.56. The van der Waals surface area contributed by atoms with E-state index >= 15 is 0 Å². The minimum absolute atomic E-state index is 0.112. The van der Waals surface area contributed by atoms with Gasteiger partial charge in [-0.3, -0.25) is 4.79 Å². The van der Waals surface area contributed by atoms with Gasteiger partial charge in [-0.05, 0) is 17.7 Å². The Bertz CT molecular complexity index is 508. The van der Waals surface area contributed by atoms with E-state index in [0.29, 0.717) is 6.61 Å². The molecule has 0 saturated heterocycles. The van der Waals surface area contributed by atoms with Crippen molar-refractivity contribution in [3.8, 4) is 0 Å². The average Bonchev–Trinajstić information content (AvgIpc) is 2.99. The molecule has 0 radical (unpaired) electrons. The monoisotopic (exact) mass is 290 g/mol. The summed E-state index contributed by atoms with van der Waals surface area (Å²) in [5, 5.41) is 0. The number of carbonyl (C=O) groups excluding carboxylic acids is 1. The SMILES string of the molecule is CC(CSCc1ccco1)C(=O)OCc1ccccc1. The molecule has 20 heavy (non-hydrogen) atoms. The predicted molar refractivity (Wildman–Crippen MR) is 80.3 cm³/mol. The van der Waals surface area contributed by atoms with E-state index in [1.807, 2.05) is 49.4 Å². The van der Waals surface area contributed by atoms with Crippen molar-refractivity contribution in [2.45, 2.75) is 19.3 Å². The second kappa shape index (κ2) is 7.80. The number of benzene rings is 1. The number of furan rings is 1. The molecule has 0 aliphatic rings. The van der Waals surface area contributed by atoms with Crippen LogP contribution in [0, 0.1) is 5.92 Å². The van der Waals surface area contributed by atoms with Crippen LogP contribution in [-0.4, -0.2) is 11.7 Å². The van der Waals surface area contributed by atoms with Crippen LogP contribution in [0.25, 0.3) is 0 Å². The van der Waals surface area contributed by atoms with Gasteiger partial charge in [-0.2, -0.15) is 11.8 Å². The van der Waals surface area contributed by atoms with Crippen molar-refractivity contribution in [1.82, 2.24) is 0 Å². The Morgan fingerprint density at radius 2 is 2.05 bits per heavy atom. The van der Waals surface area contributed by atoms with Crippen molar-refractivity contribution in [3.63, 3.8) is 0 Å². The minimum atomic E-state index is -0.152. The maximum atomic E-state index is 11.8. The average molecular weight is 290 g/mol. The maximum Gasteiger partial charge on any atom is 0.309 e. The molecule has 0 fully saturated rings. The van der Waals surface area contributed by atoms with E-state index in [-0.39, 0.29) is 11.9 Å². The van der Waals surface area contributed by atoms with Gasteiger partial charge in [0.05, 0.1) is 17.9 Å². The fourth-order valence-electron chi connectivity index (χ4n) is 1.67. The molecule has 0 amide bonds. The smallest absolute Gasteiger partial charge is 0.309 e.